The van der Waals surface area contributed by atoms with Gasteiger partial charge in [0.25, 0.3) is 5.91 Å². The van der Waals surface area contributed by atoms with Gasteiger partial charge in [-0.25, -0.2) is 4.68 Å². The molecule has 1 aromatic heterocycles. The molecule has 2 aromatic carbocycles. The molecule has 1 aliphatic rings. The van der Waals surface area contributed by atoms with E-state index in [9.17, 15) is 9.59 Å². The molecule has 1 aliphatic heterocycles. The molecule has 2 N–H and O–H groups in total. The lowest BCUT2D eigenvalue weighted by Crippen LogP contribution is -2.23. The molecule has 0 fully saturated rings. The van der Waals surface area contributed by atoms with Crippen molar-refractivity contribution in [2.24, 2.45) is 0 Å². The standard InChI is InChI=1S/C20H17ClN4O2/c1-12-18(13-6-3-2-4-7-13)19-23-20(27)16(25(19)24-12)11-17(26)22-15-9-5-8-14(21)10-15/h2-10,16H,11H2,1H3,(H,22,26)(H,23,27). The lowest BCUT2D eigenvalue weighted by molar-refractivity contribution is -0.123. The first-order valence-corrected chi connectivity index (χ1v) is 8.91. The second-order valence-corrected chi connectivity index (χ2v) is 6.82. The molecule has 0 saturated heterocycles. The van der Waals surface area contributed by atoms with Crippen molar-refractivity contribution >= 4 is 34.9 Å². The van der Waals surface area contributed by atoms with Crippen LogP contribution in [0.25, 0.3) is 11.1 Å². The van der Waals surface area contributed by atoms with Gasteiger partial charge in [0.15, 0.2) is 0 Å². The Balaban J connectivity index is 1.58. The number of rotatable bonds is 4. The van der Waals surface area contributed by atoms with E-state index in [0.29, 0.717) is 16.5 Å². The van der Waals surface area contributed by atoms with Crippen molar-refractivity contribution in [1.29, 1.82) is 0 Å². The molecule has 1 atom stereocenters. The number of aromatic nitrogens is 2. The van der Waals surface area contributed by atoms with Crippen molar-refractivity contribution in [1.82, 2.24) is 9.78 Å². The molecule has 0 bridgehead atoms. The molecule has 0 aliphatic carbocycles. The summed E-state index contributed by atoms with van der Waals surface area (Å²) in [6.45, 7) is 1.89. The number of halogens is 1. The average Bonchev–Trinajstić information content (AvgIpc) is 3.10. The number of nitrogens with one attached hydrogen (secondary N) is 2. The van der Waals surface area contributed by atoms with Crippen LogP contribution in [0.5, 0.6) is 0 Å². The molecule has 6 nitrogen and oxygen atoms in total. The Morgan fingerprint density at radius 1 is 1.22 bits per heavy atom. The minimum absolute atomic E-state index is 0.0132. The third-order valence-electron chi connectivity index (χ3n) is 4.47. The average molecular weight is 381 g/mol. The van der Waals surface area contributed by atoms with Crippen molar-refractivity contribution < 1.29 is 9.59 Å². The number of amides is 2. The zero-order valence-electron chi connectivity index (χ0n) is 14.6. The summed E-state index contributed by atoms with van der Waals surface area (Å²) in [6.07, 6.45) is -0.0132. The van der Waals surface area contributed by atoms with Gasteiger partial charge in [0.1, 0.15) is 11.9 Å². The minimum atomic E-state index is -0.685. The van der Waals surface area contributed by atoms with E-state index in [4.69, 9.17) is 11.6 Å². The zero-order chi connectivity index (χ0) is 19.0. The van der Waals surface area contributed by atoms with E-state index in [2.05, 4.69) is 15.7 Å². The SMILES string of the molecule is Cc1nn2c(c1-c1ccccc1)NC(=O)C2CC(=O)Nc1cccc(Cl)c1. The molecular weight excluding hydrogens is 364 g/mol. The van der Waals surface area contributed by atoms with Gasteiger partial charge in [-0.3, -0.25) is 9.59 Å². The van der Waals surface area contributed by atoms with Crippen LogP contribution >= 0.6 is 11.6 Å². The largest absolute Gasteiger partial charge is 0.326 e. The molecular formula is C20H17ClN4O2. The van der Waals surface area contributed by atoms with Crippen LogP contribution in [0.2, 0.25) is 5.02 Å². The Labute approximate surface area is 161 Å². The van der Waals surface area contributed by atoms with Crippen LogP contribution in [0.15, 0.2) is 54.6 Å². The summed E-state index contributed by atoms with van der Waals surface area (Å²) in [5.74, 6) is 0.111. The van der Waals surface area contributed by atoms with E-state index in [1.165, 1.54) is 0 Å². The van der Waals surface area contributed by atoms with Gasteiger partial charge in [0.05, 0.1) is 12.1 Å². The van der Waals surface area contributed by atoms with Gasteiger partial charge in [0, 0.05) is 16.3 Å². The van der Waals surface area contributed by atoms with Crippen LogP contribution < -0.4 is 10.6 Å². The summed E-state index contributed by atoms with van der Waals surface area (Å²) in [5, 5.41) is 10.7. The third-order valence-corrected chi connectivity index (χ3v) is 4.71. The number of nitrogens with zero attached hydrogens (tertiary/aromatic N) is 2. The van der Waals surface area contributed by atoms with Crippen LogP contribution in [0, 0.1) is 6.92 Å². The number of carbonyl (C=O) groups is 2. The van der Waals surface area contributed by atoms with E-state index < -0.39 is 6.04 Å². The van der Waals surface area contributed by atoms with Crippen molar-refractivity contribution in [3.05, 3.63) is 65.3 Å². The van der Waals surface area contributed by atoms with E-state index in [0.717, 1.165) is 16.8 Å². The summed E-state index contributed by atoms with van der Waals surface area (Å²) >= 11 is 5.94. The van der Waals surface area contributed by atoms with Crippen molar-refractivity contribution in [2.75, 3.05) is 10.6 Å². The summed E-state index contributed by atoms with van der Waals surface area (Å²) in [6, 6.07) is 15.9. The molecule has 136 valence electrons. The lowest BCUT2D eigenvalue weighted by Gasteiger charge is -2.10. The molecule has 7 heteroatoms. The Morgan fingerprint density at radius 2 is 2.00 bits per heavy atom. The van der Waals surface area contributed by atoms with Crippen molar-refractivity contribution in [3.63, 3.8) is 0 Å². The van der Waals surface area contributed by atoms with Crippen molar-refractivity contribution in [2.45, 2.75) is 19.4 Å². The number of fused-ring (bicyclic) bond motifs is 1. The molecule has 0 spiro atoms. The maximum atomic E-state index is 12.5. The number of hydrogen-bond acceptors (Lipinski definition) is 3. The van der Waals surface area contributed by atoms with E-state index in [1.807, 2.05) is 37.3 Å². The van der Waals surface area contributed by atoms with Crippen LogP contribution in [0.1, 0.15) is 18.2 Å². The predicted octanol–water partition coefficient (Wildman–Crippen LogP) is 4.03. The summed E-state index contributed by atoms with van der Waals surface area (Å²) < 4.78 is 1.61. The highest BCUT2D eigenvalue weighted by Gasteiger charge is 2.36. The lowest BCUT2D eigenvalue weighted by atomic mass is 10.1. The highest BCUT2D eigenvalue weighted by atomic mass is 35.5. The van der Waals surface area contributed by atoms with Crippen molar-refractivity contribution in [3.8, 4) is 11.1 Å². The van der Waals surface area contributed by atoms with Gasteiger partial charge in [-0.2, -0.15) is 5.10 Å². The fourth-order valence-corrected chi connectivity index (χ4v) is 3.48. The molecule has 27 heavy (non-hydrogen) atoms. The first-order chi connectivity index (χ1) is 13.0. The maximum absolute atomic E-state index is 12.5. The number of carbonyl (C=O) groups excluding carboxylic acids is 2. The fraction of sp³-hybridized carbons (Fsp3) is 0.150. The van der Waals surface area contributed by atoms with Gasteiger partial charge < -0.3 is 10.6 Å². The van der Waals surface area contributed by atoms with Crippen LogP contribution in [0.3, 0.4) is 0 Å². The first kappa shape index (κ1) is 17.3. The predicted molar refractivity (Wildman–Crippen MR) is 105 cm³/mol. The normalized spacial score (nSPS) is 15.3. The number of hydrogen-bond donors (Lipinski definition) is 2. The zero-order valence-corrected chi connectivity index (χ0v) is 15.3. The monoisotopic (exact) mass is 380 g/mol. The molecule has 1 unspecified atom stereocenters. The van der Waals surface area contributed by atoms with Gasteiger partial charge in [0.2, 0.25) is 5.91 Å². The molecule has 4 rings (SSSR count). The molecule has 0 saturated carbocycles. The van der Waals surface area contributed by atoms with Crippen LogP contribution in [0.4, 0.5) is 11.5 Å². The van der Waals surface area contributed by atoms with Crippen LogP contribution in [-0.4, -0.2) is 21.6 Å². The topological polar surface area (TPSA) is 76.0 Å². The highest BCUT2D eigenvalue weighted by Crippen LogP contribution is 2.38. The second-order valence-electron chi connectivity index (χ2n) is 6.39. The molecule has 3 aromatic rings. The molecule has 2 heterocycles. The maximum Gasteiger partial charge on any atom is 0.251 e. The van der Waals surface area contributed by atoms with Gasteiger partial charge >= 0.3 is 0 Å². The van der Waals surface area contributed by atoms with Crippen LogP contribution in [-0.2, 0) is 9.59 Å². The number of aryl methyl sites for hydroxylation is 1. The minimum Gasteiger partial charge on any atom is -0.326 e. The Morgan fingerprint density at radius 3 is 2.74 bits per heavy atom. The highest BCUT2D eigenvalue weighted by molar-refractivity contribution is 6.30. The smallest absolute Gasteiger partial charge is 0.251 e. The summed E-state index contributed by atoms with van der Waals surface area (Å²) in [7, 11) is 0. The Bertz CT molecular complexity index is 1030. The molecule has 2 amide bonds. The third kappa shape index (κ3) is 3.31. The molecule has 0 radical (unpaired) electrons. The van der Waals surface area contributed by atoms with Gasteiger partial charge in [-0.15, -0.1) is 0 Å². The van der Waals surface area contributed by atoms with E-state index in [-0.39, 0.29) is 18.2 Å². The quantitative estimate of drug-likeness (QED) is 0.717. The number of benzene rings is 2. The number of anilines is 2. The summed E-state index contributed by atoms with van der Waals surface area (Å²) in [5.41, 5.74) is 3.24. The van der Waals surface area contributed by atoms with Gasteiger partial charge in [-0.05, 0) is 30.7 Å². The second kappa shape index (κ2) is 6.89. The van der Waals surface area contributed by atoms with Gasteiger partial charge in [-0.1, -0.05) is 48.0 Å². The van der Waals surface area contributed by atoms with E-state index >= 15 is 0 Å². The Kier molecular flexibility index (Phi) is 4.41. The first-order valence-electron chi connectivity index (χ1n) is 8.54. The Hall–Kier alpha value is -3.12. The summed E-state index contributed by atoms with van der Waals surface area (Å²) in [4.78, 5) is 24.9. The fourth-order valence-electron chi connectivity index (χ4n) is 3.29. The van der Waals surface area contributed by atoms with E-state index in [1.54, 1.807) is 28.9 Å².